The quantitative estimate of drug-likeness (QED) is 0.763. The molecule has 0 spiro atoms. The van der Waals surface area contributed by atoms with Crippen molar-refractivity contribution in [3.05, 3.63) is 54.1 Å². The Morgan fingerprint density at radius 1 is 1.42 bits per heavy atom. The van der Waals surface area contributed by atoms with Crippen molar-refractivity contribution in [2.24, 2.45) is 4.99 Å². The lowest BCUT2D eigenvalue weighted by molar-refractivity contribution is 0.564. The summed E-state index contributed by atoms with van der Waals surface area (Å²) in [4.78, 5) is 6.03. The van der Waals surface area contributed by atoms with Crippen LogP contribution < -0.4 is 0 Å². The maximum Gasteiger partial charge on any atom is 0.677 e. The zero-order chi connectivity index (χ0) is 13.8. The fourth-order valence-electron chi connectivity index (χ4n) is 1.78. The molecular weight excluding hydrogens is 247 g/mol. The molecule has 0 N–H and O–H groups in total. The average Bonchev–Trinajstić information content (AvgIpc) is 2.98. The van der Waals surface area contributed by atoms with Gasteiger partial charge in [0.15, 0.2) is 0 Å². The van der Waals surface area contributed by atoms with Crippen LogP contribution in [-0.2, 0) is 0 Å². The lowest BCUT2D eigenvalue weighted by Gasteiger charge is -2.10. The molecule has 1 aliphatic rings. The van der Waals surface area contributed by atoms with E-state index >= 15 is 0 Å². The number of rotatable bonds is 4. The highest BCUT2D eigenvalue weighted by molar-refractivity contribution is 6.41. The van der Waals surface area contributed by atoms with E-state index in [0.717, 1.165) is 4.48 Å². The number of nitrogens with zero attached hydrogens (tertiary/aromatic N) is 3. The third-order valence-corrected chi connectivity index (χ3v) is 2.63. The highest BCUT2D eigenvalue weighted by Crippen LogP contribution is 2.25. The summed E-state index contributed by atoms with van der Waals surface area (Å²) in [5.41, 5.74) is 1.80. The van der Waals surface area contributed by atoms with Gasteiger partial charge in [-0.05, 0) is 42.8 Å². The zero-order valence-corrected chi connectivity index (χ0v) is 10.8. The normalized spacial score (nSPS) is 16.4. The fourth-order valence-corrected chi connectivity index (χ4v) is 1.78. The SMILES string of the molecule is CN(C)/C=C/C(=C1\C=CC=N1)c1cccn1B(F)F. The van der Waals surface area contributed by atoms with Crippen LogP contribution >= 0.6 is 0 Å². The van der Waals surface area contributed by atoms with E-state index in [0.29, 0.717) is 17.0 Å². The van der Waals surface area contributed by atoms with Gasteiger partial charge in [-0.15, -0.1) is 0 Å². The van der Waals surface area contributed by atoms with E-state index in [9.17, 15) is 8.63 Å². The second-order valence-corrected chi connectivity index (χ2v) is 4.29. The molecule has 0 atom stereocenters. The van der Waals surface area contributed by atoms with Gasteiger partial charge in [0, 0.05) is 31.6 Å². The monoisotopic (exact) mass is 261 g/mol. The standard InChI is InChI=1S/C13H14BF2N3/c1-18(2)10-7-11(12-5-3-8-17-12)13-6-4-9-19(13)14(15)16/h3-10H,1-2H3/b10-7+,12-11-. The summed E-state index contributed by atoms with van der Waals surface area (Å²) >= 11 is 0. The van der Waals surface area contributed by atoms with Crippen molar-refractivity contribution in [1.82, 2.24) is 9.38 Å². The minimum atomic E-state index is -2.57. The van der Waals surface area contributed by atoms with E-state index in [-0.39, 0.29) is 0 Å². The summed E-state index contributed by atoms with van der Waals surface area (Å²) in [5.74, 6) is 0. The van der Waals surface area contributed by atoms with Gasteiger partial charge in [0.1, 0.15) is 0 Å². The third kappa shape index (κ3) is 3.02. The molecule has 0 aliphatic carbocycles. The van der Waals surface area contributed by atoms with Crippen molar-refractivity contribution in [1.29, 1.82) is 0 Å². The summed E-state index contributed by atoms with van der Waals surface area (Å²) in [6.07, 6.45) is 10.2. The molecule has 3 nitrogen and oxygen atoms in total. The molecular formula is C13H14BF2N3. The number of aliphatic imine (C=N–C) groups is 1. The number of allylic oxidation sites excluding steroid dienone is 4. The maximum absolute atomic E-state index is 13.0. The lowest BCUT2D eigenvalue weighted by atomic mass is 10.1. The topological polar surface area (TPSA) is 20.5 Å². The fraction of sp³-hybridized carbons (Fsp3) is 0.154. The predicted molar refractivity (Wildman–Crippen MR) is 75.2 cm³/mol. The van der Waals surface area contributed by atoms with Crippen LogP contribution in [0.4, 0.5) is 8.63 Å². The van der Waals surface area contributed by atoms with Gasteiger partial charge in [-0.2, -0.15) is 0 Å². The summed E-state index contributed by atoms with van der Waals surface area (Å²) in [6, 6.07) is 3.27. The van der Waals surface area contributed by atoms with E-state index in [4.69, 9.17) is 0 Å². The molecule has 0 unspecified atom stereocenters. The number of aromatic nitrogens is 1. The molecule has 2 heterocycles. The summed E-state index contributed by atoms with van der Waals surface area (Å²) < 4.78 is 26.8. The molecule has 0 aromatic carbocycles. The first-order chi connectivity index (χ1) is 9.09. The Balaban J connectivity index is 2.50. The van der Waals surface area contributed by atoms with Crippen LogP contribution in [0.2, 0.25) is 0 Å². The van der Waals surface area contributed by atoms with Gasteiger partial charge in [0.05, 0.1) is 5.70 Å². The Morgan fingerprint density at radius 3 is 2.79 bits per heavy atom. The van der Waals surface area contributed by atoms with Crippen molar-refractivity contribution >= 4 is 19.2 Å². The van der Waals surface area contributed by atoms with Gasteiger partial charge in [0.2, 0.25) is 0 Å². The summed E-state index contributed by atoms with van der Waals surface area (Å²) in [7, 11) is 1.18. The zero-order valence-electron chi connectivity index (χ0n) is 10.8. The molecule has 1 aliphatic heterocycles. The highest BCUT2D eigenvalue weighted by atomic mass is 19.2. The van der Waals surface area contributed by atoms with Crippen molar-refractivity contribution in [2.45, 2.75) is 0 Å². The molecule has 19 heavy (non-hydrogen) atoms. The van der Waals surface area contributed by atoms with Gasteiger partial charge < -0.3 is 9.38 Å². The Morgan fingerprint density at radius 2 is 2.21 bits per heavy atom. The largest absolute Gasteiger partial charge is 0.677 e. The van der Waals surface area contributed by atoms with Gasteiger partial charge in [-0.1, -0.05) is 0 Å². The van der Waals surface area contributed by atoms with Crippen molar-refractivity contribution in [3.63, 3.8) is 0 Å². The molecule has 0 amide bonds. The first-order valence-corrected chi connectivity index (χ1v) is 5.84. The van der Waals surface area contributed by atoms with E-state index in [1.807, 2.05) is 25.2 Å². The second-order valence-electron chi connectivity index (χ2n) is 4.29. The van der Waals surface area contributed by atoms with Crippen molar-refractivity contribution < 1.29 is 8.63 Å². The molecule has 6 heteroatoms. The Labute approximate surface area is 111 Å². The predicted octanol–water partition coefficient (Wildman–Crippen LogP) is 2.69. The van der Waals surface area contributed by atoms with Gasteiger partial charge >= 0.3 is 7.40 Å². The van der Waals surface area contributed by atoms with Crippen LogP contribution in [0.15, 0.2) is 53.4 Å². The molecule has 0 fully saturated rings. The van der Waals surface area contributed by atoms with E-state index in [1.54, 1.807) is 36.6 Å². The van der Waals surface area contributed by atoms with E-state index in [2.05, 4.69) is 4.99 Å². The Hall–Kier alpha value is -2.11. The molecule has 1 aromatic rings. The van der Waals surface area contributed by atoms with E-state index in [1.165, 1.54) is 6.20 Å². The Kier molecular flexibility index (Phi) is 3.99. The first-order valence-electron chi connectivity index (χ1n) is 5.84. The van der Waals surface area contributed by atoms with Crippen LogP contribution in [0.5, 0.6) is 0 Å². The molecule has 1 aromatic heterocycles. The van der Waals surface area contributed by atoms with Crippen LogP contribution in [0.25, 0.3) is 5.57 Å². The second kappa shape index (κ2) is 5.69. The van der Waals surface area contributed by atoms with Crippen LogP contribution in [0.1, 0.15) is 5.69 Å². The van der Waals surface area contributed by atoms with Gasteiger partial charge in [0.25, 0.3) is 0 Å². The van der Waals surface area contributed by atoms with Crippen molar-refractivity contribution in [3.8, 4) is 0 Å². The average molecular weight is 261 g/mol. The van der Waals surface area contributed by atoms with Crippen LogP contribution in [0.3, 0.4) is 0 Å². The molecule has 0 saturated carbocycles. The minimum Gasteiger partial charge on any atom is -0.383 e. The van der Waals surface area contributed by atoms with Crippen LogP contribution in [-0.4, -0.2) is 37.1 Å². The highest BCUT2D eigenvalue weighted by Gasteiger charge is 2.21. The third-order valence-electron chi connectivity index (χ3n) is 2.63. The Bertz CT molecular complexity index is 554. The first kappa shape index (κ1) is 13.3. The number of halogens is 2. The van der Waals surface area contributed by atoms with Gasteiger partial charge in [-0.25, -0.2) is 0 Å². The number of hydrogen-bond acceptors (Lipinski definition) is 2. The molecule has 0 saturated heterocycles. The van der Waals surface area contributed by atoms with Gasteiger partial charge in [-0.3, -0.25) is 13.6 Å². The van der Waals surface area contributed by atoms with Crippen LogP contribution in [0, 0.1) is 0 Å². The summed E-state index contributed by atoms with van der Waals surface area (Å²) in [5, 5.41) is 0. The van der Waals surface area contributed by atoms with E-state index < -0.39 is 7.40 Å². The maximum atomic E-state index is 13.0. The van der Waals surface area contributed by atoms with Crippen molar-refractivity contribution in [2.75, 3.05) is 14.1 Å². The summed E-state index contributed by atoms with van der Waals surface area (Å²) in [6.45, 7) is 0. The minimum absolute atomic E-state index is 0.451. The molecule has 2 rings (SSSR count). The number of hydrogen-bond donors (Lipinski definition) is 0. The smallest absolute Gasteiger partial charge is 0.383 e. The molecule has 98 valence electrons. The lowest BCUT2D eigenvalue weighted by Crippen LogP contribution is -2.14. The molecule has 0 radical (unpaired) electrons. The molecule has 0 bridgehead atoms.